The monoisotopic (exact) mass is 338 g/mol. The van der Waals surface area contributed by atoms with Crippen molar-refractivity contribution in [2.75, 3.05) is 18.8 Å². The highest BCUT2D eigenvalue weighted by molar-refractivity contribution is 7.89. The zero-order chi connectivity index (χ0) is 16.9. The lowest BCUT2D eigenvalue weighted by atomic mass is 10.1. The highest BCUT2D eigenvalue weighted by Gasteiger charge is 2.29. The van der Waals surface area contributed by atoms with Gasteiger partial charge in [-0.2, -0.15) is 0 Å². The van der Waals surface area contributed by atoms with Crippen LogP contribution in [0, 0.1) is 0 Å². The van der Waals surface area contributed by atoms with E-state index >= 15 is 0 Å². The van der Waals surface area contributed by atoms with Gasteiger partial charge in [0.05, 0.1) is 5.75 Å². The third-order valence-electron chi connectivity index (χ3n) is 4.42. The highest BCUT2D eigenvalue weighted by atomic mass is 32.2. The Hall–Kier alpha value is -1.40. The van der Waals surface area contributed by atoms with E-state index in [0.717, 1.165) is 12.0 Å². The second kappa shape index (κ2) is 7.93. The van der Waals surface area contributed by atoms with Crippen LogP contribution >= 0.6 is 0 Å². The maximum Gasteiger partial charge on any atom is 0.224 e. The molecule has 0 radical (unpaired) electrons. The number of sulfonamides is 1. The van der Waals surface area contributed by atoms with E-state index in [1.807, 2.05) is 42.2 Å². The van der Waals surface area contributed by atoms with E-state index in [-0.39, 0.29) is 24.1 Å². The molecule has 6 heteroatoms. The molecule has 1 aliphatic rings. The van der Waals surface area contributed by atoms with Crippen LogP contribution in [0.15, 0.2) is 30.3 Å². The van der Waals surface area contributed by atoms with E-state index in [4.69, 9.17) is 0 Å². The number of hydrogen-bond donors (Lipinski definition) is 0. The first kappa shape index (κ1) is 17.9. The maximum absolute atomic E-state index is 12.6. The molecule has 1 amide bonds. The minimum Gasteiger partial charge on any atom is -0.336 e. The van der Waals surface area contributed by atoms with E-state index in [0.29, 0.717) is 26.1 Å². The minimum absolute atomic E-state index is 0.0188. The lowest BCUT2D eigenvalue weighted by Gasteiger charge is -2.29. The lowest BCUT2D eigenvalue weighted by Crippen LogP contribution is -2.39. The SMILES string of the molecule is CCC(C)N(Cc1ccccc1)C(=O)CCN1CCCS1(=O)=O. The molecule has 0 saturated carbocycles. The zero-order valence-electron chi connectivity index (χ0n) is 13.9. The first-order valence-electron chi connectivity index (χ1n) is 8.25. The van der Waals surface area contributed by atoms with Gasteiger partial charge in [-0.3, -0.25) is 4.79 Å². The van der Waals surface area contributed by atoms with Crippen LogP contribution in [0.2, 0.25) is 0 Å². The van der Waals surface area contributed by atoms with Crippen LogP contribution in [0.3, 0.4) is 0 Å². The fraction of sp³-hybridized carbons (Fsp3) is 0.588. The molecule has 0 aliphatic carbocycles. The zero-order valence-corrected chi connectivity index (χ0v) is 14.8. The number of amides is 1. The summed E-state index contributed by atoms with van der Waals surface area (Å²) >= 11 is 0. The van der Waals surface area contributed by atoms with E-state index < -0.39 is 10.0 Å². The van der Waals surface area contributed by atoms with Crippen LogP contribution < -0.4 is 0 Å². The van der Waals surface area contributed by atoms with Gasteiger partial charge < -0.3 is 4.90 Å². The summed E-state index contributed by atoms with van der Waals surface area (Å²) in [4.78, 5) is 14.5. The first-order chi connectivity index (χ1) is 10.9. The van der Waals surface area contributed by atoms with Crippen molar-refractivity contribution in [2.45, 2.75) is 45.7 Å². The van der Waals surface area contributed by atoms with Crippen LogP contribution in [0.25, 0.3) is 0 Å². The molecule has 1 aromatic rings. The molecule has 1 atom stereocenters. The molecular formula is C17H26N2O3S. The molecule has 1 aromatic carbocycles. The van der Waals surface area contributed by atoms with Crippen molar-refractivity contribution in [3.63, 3.8) is 0 Å². The largest absolute Gasteiger partial charge is 0.336 e. The van der Waals surface area contributed by atoms with Gasteiger partial charge >= 0.3 is 0 Å². The minimum atomic E-state index is -3.13. The number of nitrogens with zero attached hydrogens (tertiary/aromatic N) is 2. The normalized spacial score (nSPS) is 18.7. The van der Waals surface area contributed by atoms with Crippen LogP contribution in [0.5, 0.6) is 0 Å². The molecular weight excluding hydrogens is 312 g/mol. The highest BCUT2D eigenvalue weighted by Crippen LogP contribution is 2.16. The van der Waals surface area contributed by atoms with Gasteiger partial charge in [-0.05, 0) is 25.3 Å². The molecule has 1 fully saturated rings. The van der Waals surface area contributed by atoms with Gasteiger partial charge in [0.2, 0.25) is 15.9 Å². The molecule has 0 bridgehead atoms. The molecule has 1 aliphatic heterocycles. The number of carbonyl (C=O) groups excluding carboxylic acids is 1. The quantitative estimate of drug-likeness (QED) is 0.766. The predicted molar refractivity (Wildman–Crippen MR) is 91.3 cm³/mol. The molecule has 0 N–H and O–H groups in total. The second-order valence-corrected chi connectivity index (χ2v) is 8.17. The Labute approximate surface area is 139 Å². The Kier molecular flexibility index (Phi) is 6.18. The van der Waals surface area contributed by atoms with Gasteiger partial charge in [-0.25, -0.2) is 12.7 Å². The van der Waals surface area contributed by atoms with Crippen molar-refractivity contribution in [3.8, 4) is 0 Å². The topological polar surface area (TPSA) is 57.7 Å². The number of rotatable bonds is 7. The first-order valence-corrected chi connectivity index (χ1v) is 9.86. The summed E-state index contributed by atoms with van der Waals surface area (Å²) in [5.41, 5.74) is 1.09. The molecule has 1 unspecified atom stereocenters. The molecule has 5 nitrogen and oxygen atoms in total. The Morgan fingerprint density at radius 3 is 2.57 bits per heavy atom. The van der Waals surface area contributed by atoms with E-state index in [9.17, 15) is 13.2 Å². The Morgan fingerprint density at radius 2 is 2.00 bits per heavy atom. The summed E-state index contributed by atoms with van der Waals surface area (Å²) in [5.74, 6) is 0.227. The Balaban J connectivity index is 1.99. The number of benzene rings is 1. The molecule has 1 heterocycles. The second-order valence-electron chi connectivity index (χ2n) is 6.08. The summed E-state index contributed by atoms with van der Waals surface area (Å²) < 4.78 is 25.1. The smallest absolute Gasteiger partial charge is 0.224 e. The van der Waals surface area contributed by atoms with Crippen LogP contribution in [-0.4, -0.2) is 48.4 Å². The van der Waals surface area contributed by atoms with Crippen molar-refractivity contribution in [1.82, 2.24) is 9.21 Å². The Morgan fingerprint density at radius 1 is 1.30 bits per heavy atom. The standard InChI is InChI=1S/C17H26N2O3S/c1-3-15(2)19(14-16-8-5-4-6-9-16)17(20)10-12-18-11-7-13-23(18,21)22/h4-6,8-9,15H,3,7,10-14H2,1-2H3. The van der Waals surface area contributed by atoms with Gasteiger partial charge in [0, 0.05) is 32.1 Å². The van der Waals surface area contributed by atoms with Gasteiger partial charge in [-0.15, -0.1) is 0 Å². The predicted octanol–water partition coefficient (Wildman–Crippen LogP) is 2.24. The van der Waals surface area contributed by atoms with Crippen LogP contribution in [0.1, 0.15) is 38.7 Å². The molecule has 128 valence electrons. The van der Waals surface area contributed by atoms with Gasteiger partial charge in [0.25, 0.3) is 0 Å². The van der Waals surface area contributed by atoms with Gasteiger partial charge in [0.1, 0.15) is 0 Å². The summed E-state index contributed by atoms with van der Waals surface area (Å²) in [6, 6.07) is 10.0. The van der Waals surface area contributed by atoms with E-state index in [1.54, 1.807) is 0 Å². The average Bonchev–Trinajstić information content (AvgIpc) is 2.89. The molecule has 0 aromatic heterocycles. The van der Waals surface area contributed by atoms with E-state index in [2.05, 4.69) is 6.92 Å². The van der Waals surface area contributed by atoms with Gasteiger partial charge in [0.15, 0.2) is 0 Å². The van der Waals surface area contributed by atoms with Crippen LogP contribution in [0.4, 0.5) is 0 Å². The fourth-order valence-corrected chi connectivity index (χ4v) is 4.33. The third kappa shape index (κ3) is 4.78. The average molecular weight is 338 g/mol. The molecule has 2 rings (SSSR count). The van der Waals surface area contributed by atoms with E-state index in [1.165, 1.54) is 4.31 Å². The van der Waals surface area contributed by atoms with Crippen LogP contribution in [-0.2, 0) is 21.4 Å². The lowest BCUT2D eigenvalue weighted by molar-refractivity contribution is -0.134. The Bertz CT molecular complexity index is 616. The summed E-state index contributed by atoms with van der Waals surface area (Å²) in [6.45, 7) is 5.50. The van der Waals surface area contributed by atoms with Crippen molar-refractivity contribution in [1.29, 1.82) is 0 Å². The van der Waals surface area contributed by atoms with Gasteiger partial charge in [-0.1, -0.05) is 37.3 Å². The molecule has 0 spiro atoms. The number of hydrogen-bond acceptors (Lipinski definition) is 3. The maximum atomic E-state index is 12.6. The summed E-state index contributed by atoms with van der Waals surface area (Å²) in [6.07, 6.45) is 1.78. The van der Waals surface area contributed by atoms with Crippen molar-refractivity contribution in [2.24, 2.45) is 0 Å². The molecule has 23 heavy (non-hydrogen) atoms. The van der Waals surface area contributed by atoms with Crippen molar-refractivity contribution < 1.29 is 13.2 Å². The fourth-order valence-electron chi connectivity index (χ4n) is 2.80. The van der Waals surface area contributed by atoms with Crippen molar-refractivity contribution in [3.05, 3.63) is 35.9 Å². The third-order valence-corrected chi connectivity index (χ3v) is 6.37. The van der Waals surface area contributed by atoms with Crippen molar-refractivity contribution >= 4 is 15.9 Å². The summed E-state index contributed by atoms with van der Waals surface area (Å²) in [5, 5.41) is 0. The molecule has 1 saturated heterocycles. The number of carbonyl (C=O) groups is 1. The summed E-state index contributed by atoms with van der Waals surface area (Å²) in [7, 11) is -3.13.